The van der Waals surface area contributed by atoms with Gasteiger partial charge in [0.2, 0.25) is 5.91 Å². The highest BCUT2D eigenvalue weighted by Gasteiger charge is 2.49. The summed E-state index contributed by atoms with van der Waals surface area (Å²) in [6.07, 6.45) is 3.33. The first-order chi connectivity index (χ1) is 11.1. The molecule has 2 atom stereocenters. The summed E-state index contributed by atoms with van der Waals surface area (Å²) in [5, 5.41) is 2.96. The lowest BCUT2D eigenvalue weighted by molar-refractivity contribution is -0.116. The standard InChI is InChI=1S/C20H24N2O/c1-2-20(21)14-18(20)16-9-11-17(12-10-16)22-19(23)13-8-15-6-4-3-5-7-15/h3-7,9-12,18H,2,8,13-14,21H2,1H3,(H,22,23). The summed E-state index contributed by atoms with van der Waals surface area (Å²) in [6.45, 7) is 2.14. The normalized spacial score (nSPS) is 22.6. The van der Waals surface area contributed by atoms with Crippen LogP contribution in [0.2, 0.25) is 0 Å². The first kappa shape index (κ1) is 15.8. The average molecular weight is 308 g/mol. The molecule has 2 aromatic carbocycles. The van der Waals surface area contributed by atoms with Gasteiger partial charge in [-0.2, -0.15) is 0 Å². The minimum absolute atomic E-state index is 0.0134. The maximum absolute atomic E-state index is 12.0. The average Bonchev–Trinajstić information content (AvgIpc) is 3.27. The molecule has 1 amide bonds. The van der Waals surface area contributed by atoms with Gasteiger partial charge in [-0.1, -0.05) is 49.4 Å². The van der Waals surface area contributed by atoms with Crippen LogP contribution in [0.1, 0.15) is 43.2 Å². The third kappa shape index (κ3) is 3.80. The second-order valence-electron chi connectivity index (χ2n) is 6.50. The quantitative estimate of drug-likeness (QED) is 0.851. The zero-order chi connectivity index (χ0) is 16.3. The Morgan fingerprint density at radius 3 is 2.48 bits per heavy atom. The van der Waals surface area contributed by atoms with Crippen LogP contribution < -0.4 is 11.1 Å². The van der Waals surface area contributed by atoms with Gasteiger partial charge in [-0.15, -0.1) is 0 Å². The van der Waals surface area contributed by atoms with E-state index in [1.54, 1.807) is 0 Å². The Balaban J connectivity index is 1.51. The van der Waals surface area contributed by atoms with Gasteiger partial charge in [-0.05, 0) is 42.5 Å². The first-order valence-electron chi connectivity index (χ1n) is 8.33. The van der Waals surface area contributed by atoms with Crippen molar-refractivity contribution in [1.29, 1.82) is 0 Å². The number of nitrogens with two attached hydrogens (primary N) is 1. The van der Waals surface area contributed by atoms with E-state index >= 15 is 0 Å². The molecule has 1 saturated carbocycles. The Labute approximate surface area is 137 Å². The zero-order valence-corrected chi connectivity index (χ0v) is 13.6. The molecule has 2 unspecified atom stereocenters. The van der Waals surface area contributed by atoms with Crippen molar-refractivity contribution >= 4 is 11.6 Å². The summed E-state index contributed by atoms with van der Waals surface area (Å²) in [4.78, 5) is 12.0. The fourth-order valence-electron chi connectivity index (χ4n) is 3.09. The molecular weight excluding hydrogens is 284 g/mol. The van der Waals surface area contributed by atoms with E-state index in [9.17, 15) is 4.79 Å². The summed E-state index contributed by atoms with van der Waals surface area (Å²) in [7, 11) is 0. The highest BCUT2D eigenvalue weighted by Crippen LogP contribution is 2.51. The third-order valence-corrected chi connectivity index (χ3v) is 4.86. The molecule has 0 aromatic heterocycles. The van der Waals surface area contributed by atoms with Gasteiger partial charge in [0.05, 0.1) is 0 Å². The number of aryl methyl sites for hydroxylation is 1. The van der Waals surface area contributed by atoms with Gasteiger partial charge in [0.1, 0.15) is 0 Å². The summed E-state index contributed by atoms with van der Waals surface area (Å²) in [5.41, 5.74) is 9.57. The van der Waals surface area contributed by atoms with Crippen LogP contribution in [0.3, 0.4) is 0 Å². The van der Waals surface area contributed by atoms with Crippen molar-refractivity contribution < 1.29 is 4.79 Å². The van der Waals surface area contributed by atoms with Gasteiger partial charge in [0.25, 0.3) is 0 Å². The number of anilines is 1. The van der Waals surface area contributed by atoms with Crippen LogP contribution in [0.25, 0.3) is 0 Å². The summed E-state index contributed by atoms with van der Waals surface area (Å²) >= 11 is 0. The van der Waals surface area contributed by atoms with Crippen molar-refractivity contribution in [1.82, 2.24) is 0 Å². The number of hydrogen-bond donors (Lipinski definition) is 2. The largest absolute Gasteiger partial charge is 0.326 e. The Morgan fingerprint density at radius 2 is 1.87 bits per heavy atom. The number of hydrogen-bond acceptors (Lipinski definition) is 2. The molecule has 1 aliphatic rings. The number of rotatable bonds is 6. The molecule has 120 valence electrons. The second kappa shape index (κ2) is 6.55. The van der Waals surface area contributed by atoms with E-state index in [-0.39, 0.29) is 11.4 Å². The minimum atomic E-state index is -0.0134. The molecule has 0 radical (unpaired) electrons. The smallest absolute Gasteiger partial charge is 0.224 e. The van der Waals surface area contributed by atoms with Crippen LogP contribution in [0, 0.1) is 0 Å². The van der Waals surface area contributed by atoms with Gasteiger partial charge < -0.3 is 11.1 Å². The molecule has 3 N–H and O–H groups in total. The summed E-state index contributed by atoms with van der Waals surface area (Å²) in [5.74, 6) is 0.519. The van der Waals surface area contributed by atoms with Crippen molar-refractivity contribution in [2.24, 2.45) is 5.73 Å². The monoisotopic (exact) mass is 308 g/mol. The SMILES string of the molecule is CCC1(N)CC1c1ccc(NC(=O)CCc2ccccc2)cc1. The summed E-state index contributed by atoms with van der Waals surface area (Å²) in [6, 6.07) is 18.2. The van der Waals surface area contributed by atoms with Gasteiger partial charge in [-0.25, -0.2) is 0 Å². The Morgan fingerprint density at radius 1 is 1.17 bits per heavy atom. The molecule has 0 saturated heterocycles. The maximum Gasteiger partial charge on any atom is 0.224 e. The van der Waals surface area contributed by atoms with Crippen molar-refractivity contribution in [2.75, 3.05) is 5.32 Å². The van der Waals surface area contributed by atoms with E-state index in [0.29, 0.717) is 12.3 Å². The number of nitrogens with one attached hydrogen (secondary N) is 1. The van der Waals surface area contributed by atoms with Crippen molar-refractivity contribution in [3.05, 3.63) is 65.7 Å². The van der Waals surface area contributed by atoms with Crippen molar-refractivity contribution in [3.8, 4) is 0 Å². The van der Waals surface area contributed by atoms with Crippen molar-refractivity contribution in [2.45, 2.75) is 44.1 Å². The Hall–Kier alpha value is -2.13. The number of benzene rings is 2. The molecule has 0 heterocycles. The topological polar surface area (TPSA) is 55.1 Å². The van der Waals surface area contributed by atoms with Crippen LogP contribution in [-0.2, 0) is 11.2 Å². The van der Waals surface area contributed by atoms with E-state index in [1.165, 1.54) is 11.1 Å². The molecule has 3 nitrogen and oxygen atoms in total. The lowest BCUT2D eigenvalue weighted by Crippen LogP contribution is -2.22. The molecule has 0 spiro atoms. The Bertz CT molecular complexity index is 666. The van der Waals surface area contributed by atoms with Crippen LogP contribution in [-0.4, -0.2) is 11.4 Å². The molecule has 0 aliphatic heterocycles. The molecule has 1 aliphatic carbocycles. The second-order valence-corrected chi connectivity index (χ2v) is 6.50. The van der Waals surface area contributed by atoms with E-state index in [1.807, 2.05) is 42.5 Å². The van der Waals surface area contributed by atoms with Crippen molar-refractivity contribution in [3.63, 3.8) is 0 Å². The predicted molar refractivity (Wildman–Crippen MR) is 94.4 cm³/mol. The fraction of sp³-hybridized carbons (Fsp3) is 0.350. The highest BCUT2D eigenvalue weighted by atomic mass is 16.1. The fourth-order valence-corrected chi connectivity index (χ4v) is 3.09. The lowest BCUT2D eigenvalue weighted by Gasteiger charge is -2.09. The highest BCUT2D eigenvalue weighted by molar-refractivity contribution is 5.90. The summed E-state index contributed by atoms with van der Waals surface area (Å²) < 4.78 is 0. The molecule has 2 aromatic rings. The number of carbonyl (C=O) groups is 1. The molecule has 1 fully saturated rings. The number of carbonyl (C=O) groups excluding carboxylic acids is 1. The molecule has 0 bridgehead atoms. The molecular formula is C20H24N2O. The Kier molecular flexibility index (Phi) is 4.49. The molecule has 3 rings (SSSR count). The van der Waals surface area contributed by atoms with Crippen LogP contribution in [0.4, 0.5) is 5.69 Å². The third-order valence-electron chi connectivity index (χ3n) is 4.86. The molecule has 3 heteroatoms. The van der Waals surface area contributed by atoms with E-state index in [4.69, 9.17) is 5.73 Å². The van der Waals surface area contributed by atoms with E-state index < -0.39 is 0 Å². The van der Waals surface area contributed by atoms with Gasteiger partial charge in [0, 0.05) is 23.6 Å². The molecule has 23 heavy (non-hydrogen) atoms. The van der Waals surface area contributed by atoms with Crippen LogP contribution in [0.15, 0.2) is 54.6 Å². The first-order valence-corrected chi connectivity index (χ1v) is 8.33. The van der Waals surface area contributed by atoms with Gasteiger partial charge in [0.15, 0.2) is 0 Å². The van der Waals surface area contributed by atoms with Crippen LogP contribution >= 0.6 is 0 Å². The lowest BCUT2D eigenvalue weighted by atomic mass is 10.0. The maximum atomic E-state index is 12.0. The van der Waals surface area contributed by atoms with E-state index in [0.717, 1.165) is 24.9 Å². The predicted octanol–water partition coefficient (Wildman–Crippen LogP) is 3.85. The zero-order valence-electron chi connectivity index (χ0n) is 13.6. The van der Waals surface area contributed by atoms with Crippen LogP contribution in [0.5, 0.6) is 0 Å². The van der Waals surface area contributed by atoms with Gasteiger partial charge >= 0.3 is 0 Å². The van der Waals surface area contributed by atoms with Gasteiger partial charge in [-0.3, -0.25) is 4.79 Å². The van der Waals surface area contributed by atoms with E-state index in [2.05, 4.69) is 24.4 Å². The minimum Gasteiger partial charge on any atom is -0.326 e. The number of amides is 1.